The predicted molar refractivity (Wildman–Crippen MR) is 91.1 cm³/mol. The molecule has 0 spiro atoms. The normalized spacial score (nSPS) is 10.0. The van der Waals surface area contributed by atoms with Gasteiger partial charge in [0.25, 0.3) is 0 Å². The molecule has 0 saturated carbocycles. The summed E-state index contributed by atoms with van der Waals surface area (Å²) in [6.45, 7) is 0. The second-order valence-corrected chi connectivity index (χ2v) is 5.38. The van der Waals surface area contributed by atoms with Crippen LogP contribution in [0.25, 0.3) is 0 Å². The smallest absolute Gasteiger partial charge is 0.337 e. The fourth-order valence-electron chi connectivity index (χ4n) is 1.98. The van der Waals surface area contributed by atoms with Crippen molar-refractivity contribution in [3.8, 4) is 0 Å². The van der Waals surface area contributed by atoms with Gasteiger partial charge in [-0.2, -0.15) is 0 Å². The van der Waals surface area contributed by atoms with Crippen LogP contribution in [0.3, 0.4) is 0 Å². The minimum atomic E-state index is -0.641. The van der Waals surface area contributed by atoms with Gasteiger partial charge in [0.05, 0.1) is 23.4 Å². The van der Waals surface area contributed by atoms with Crippen LogP contribution in [0.5, 0.6) is 0 Å². The van der Waals surface area contributed by atoms with Gasteiger partial charge in [0.1, 0.15) is 12.2 Å². The van der Waals surface area contributed by atoms with Crippen molar-refractivity contribution >= 4 is 40.8 Å². The molecule has 0 fully saturated rings. The Bertz CT molecular complexity index is 826. The highest BCUT2D eigenvalue weighted by molar-refractivity contribution is 6.34. The van der Waals surface area contributed by atoms with E-state index in [-0.39, 0.29) is 22.0 Å². The average Bonchev–Trinajstić information content (AvgIpc) is 2.55. The minimum Gasteiger partial charge on any atom is -0.465 e. The molecular formula is C17H14ClFN2O4. The molecule has 8 heteroatoms. The number of hydrogen-bond donors (Lipinski definition) is 2. The Morgan fingerprint density at radius 3 is 2.48 bits per heavy atom. The molecule has 0 unspecified atom stereocenters. The van der Waals surface area contributed by atoms with E-state index in [9.17, 15) is 18.8 Å². The lowest BCUT2D eigenvalue weighted by molar-refractivity contribution is -0.123. The Morgan fingerprint density at radius 1 is 1.08 bits per heavy atom. The first-order valence-corrected chi connectivity index (χ1v) is 7.50. The van der Waals surface area contributed by atoms with E-state index in [1.807, 2.05) is 0 Å². The summed E-state index contributed by atoms with van der Waals surface area (Å²) in [5.41, 5.74) is 0.614. The van der Waals surface area contributed by atoms with Gasteiger partial charge in [0.2, 0.25) is 11.8 Å². The molecule has 2 N–H and O–H groups in total. The van der Waals surface area contributed by atoms with E-state index in [1.165, 1.54) is 43.5 Å². The molecule has 2 aromatic carbocycles. The first-order chi connectivity index (χ1) is 11.9. The number of methoxy groups -OCH3 is 1. The van der Waals surface area contributed by atoms with Crippen LogP contribution in [-0.2, 0) is 14.3 Å². The van der Waals surface area contributed by atoms with Gasteiger partial charge in [0.15, 0.2) is 0 Å². The van der Waals surface area contributed by atoms with Crippen molar-refractivity contribution in [2.75, 3.05) is 17.7 Å². The van der Waals surface area contributed by atoms with Crippen molar-refractivity contribution in [3.05, 3.63) is 58.9 Å². The van der Waals surface area contributed by atoms with Crippen LogP contribution in [0.4, 0.5) is 15.8 Å². The molecule has 2 amide bonds. The monoisotopic (exact) mass is 364 g/mol. The van der Waals surface area contributed by atoms with E-state index < -0.39 is 30.0 Å². The maximum Gasteiger partial charge on any atom is 0.337 e. The van der Waals surface area contributed by atoms with Gasteiger partial charge in [-0.05, 0) is 36.4 Å². The maximum absolute atomic E-state index is 13.1. The van der Waals surface area contributed by atoms with Gasteiger partial charge in [-0.25, -0.2) is 9.18 Å². The molecule has 0 aliphatic carbocycles. The molecule has 0 aromatic heterocycles. The number of hydrogen-bond acceptors (Lipinski definition) is 4. The van der Waals surface area contributed by atoms with Gasteiger partial charge in [-0.15, -0.1) is 0 Å². The zero-order valence-corrected chi connectivity index (χ0v) is 13.9. The molecule has 6 nitrogen and oxygen atoms in total. The molecule has 0 atom stereocenters. The van der Waals surface area contributed by atoms with Crippen LogP contribution in [-0.4, -0.2) is 24.9 Å². The van der Waals surface area contributed by atoms with Crippen molar-refractivity contribution < 1.29 is 23.5 Å². The van der Waals surface area contributed by atoms with Crippen LogP contribution in [0.15, 0.2) is 42.5 Å². The first kappa shape index (κ1) is 18.4. The summed E-state index contributed by atoms with van der Waals surface area (Å²) in [4.78, 5) is 35.3. The molecule has 0 heterocycles. The molecule has 0 aliphatic rings. The van der Waals surface area contributed by atoms with Crippen LogP contribution in [0, 0.1) is 5.82 Å². The third kappa shape index (κ3) is 5.29. The van der Waals surface area contributed by atoms with Crippen LogP contribution >= 0.6 is 11.6 Å². The molecule has 0 saturated heterocycles. The molecule has 0 bridgehead atoms. The van der Waals surface area contributed by atoms with Gasteiger partial charge in [-0.1, -0.05) is 17.7 Å². The third-order valence-corrected chi connectivity index (χ3v) is 3.42. The van der Waals surface area contributed by atoms with Gasteiger partial charge >= 0.3 is 5.97 Å². The summed E-state index contributed by atoms with van der Waals surface area (Å²) in [6.07, 6.45) is -0.505. The van der Waals surface area contributed by atoms with E-state index in [4.69, 9.17) is 11.6 Å². The standard InChI is InChI=1S/C17H14ClFN2O4/c1-25-17(24)10-5-6-13(18)14(7-10)21-16(23)9-15(22)20-12-4-2-3-11(19)8-12/h2-8H,9H2,1H3,(H,20,22)(H,21,23). The van der Waals surface area contributed by atoms with Crippen molar-refractivity contribution in [1.29, 1.82) is 0 Å². The fourth-order valence-corrected chi connectivity index (χ4v) is 2.14. The van der Waals surface area contributed by atoms with Crippen molar-refractivity contribution in [1.82, 2.24) is 0 Å². The number of ether oxygens (including phenoxy) is 1. The Balaban J connectivity index is 2.00. The summed E-state index contributed by atoms with van der Waals surface area (Å²) in [5.74, 6) is -2.36. The number of benzene rings is 2. The van der Waals surface area contributed by atoms with Gasteiger partial charge < -0.3 is 15.4 Å². The Kier molecular flexibility index (Phi) is 6.08. The minimum absolute atomic E-state index is 0.174. The SMILES string of the molecule is COC(=O)c1ccc(Cl)c(NC(=O)CC(=O)Nc2cccc(F)c2)c1. The summed E-state index contributed by atoms with van der Waals surface area (Å²) < 4.78 is 17.6. The second-order valence-electron chi connectivity index (χ2n) is 4.97. The molecular weight excluding hydrogens is 351 g/mol. The highest BCUT2D eigenvalue weighted by atomic mass is 35.5. The number of esters is 1. The van der Waals surface area contributed by atoms with Crippen LogP contribution in [0.1, 0.15) is 16.8 Å². The van der Waals surface area contributed by atoms with Gasteiger partial charge in [0, 0.05) is 5.69 Å². The average molecular weight is 365 g/mol. The number of amides is 2. The summed E-state index contributed by atoms with van der Waals surface area (Å²) in [7, 11) is 1.23. The van der Waals surface area contributed by atoms with E-state index in [0.29, 0.717) is 0 Å². The summed E-state index contributed by atoms with van der Waals surface area (Å²) in [5, 5.41) is 5.05. The highest BCUT2D eigenvalue weighted by Gasteiger charge is 2.14. The quantitative estimate of drug-likeness (QED) is 0.630. The van der Waals surface area contributed by atoms with Crippen molar-refractivity contribution in [3.63, 3.8) is 0 Å². The van der Waals surface area contributed by atoms with E-state index in [0.717, 1.165) is 6.07 Å². The van der Waals surface area contributed by atoms with Gasteiger partial charge in [-0.3, -0.25) is 9.59 Å². The zero-order chi connectivity index (χ0) is 18.4. The lowest BCUT2D eigenvalue weighted by Crippen LogP contribution is -2.21. The van der Waals surface area contributed by atoms with Crippen LogP contribution < -0.4 is 10.6 Å². The molecule has 25 heavy (non-hydrogen) atoms. The van der Waals surface area contributed by atoms with Crippen molar-refractivity contribution in [2.45, 2.75) is 6.42 Å². The Morgan fingerprint density at radius 2 is 1.80 bits per heavy atom. The number of rotatable bonds is 5. The Labute approximate surface area is 147 Å². The zero-order valence-electron chi connectivity index (χ0n) is 13.1. The predicted octanol–water partition coefficient (Wildman–Crippen LogP) is 3.23. The van der Waals surface area contributed by atoms with E-state index >= 15 is 0 Å². The van der Waals surface area contributed by atoms with E-state index in [2.05, 4.69) is 15.4 Å². The maximum atomic E-state index is 13.1. The molecule has 2 rings (SSSR count). The summed E-state index contributed by atoms with van der Waals surface area (Å²) >= 11 is 5.96. The number of carbonyl (C=O) groups excluding carboxylic acids is 3. The lowest BCUT2D eigenvalue weighted by atomic mass is 10.2. The molecule has 0 radical (unpaired) electrons. The summed E-state index contributed by atoms with van der Waals surface area (Å²) in [6, 6.07) is 9.51. The molecule has 130 valence electrons. The highest BCUT2D eigenvalue weighted by Crippen LogP contribution is 2.23. The second kappa shape index (κ2) is 8.25. The molecule has 2 aromatic rings. The third-order valence-electron chi connectivity index (χ3n) is 3.09. The number of halogens is 2. The molecule has 0 aliphatic heterocycles. The van der Waals surface area contributed by atoms with Crippen molar-refractivity contribution in [2.24, 2.45) is 0 Å². The number of anilines is 2. The topological polar surface area (TPSA) is 84.5 Å². The first-order valence-electron chi connectivity index (χ1n) is 7.12. The van der Waals surface area contributed by atoms with E-state index in [1.54, 1.807) is 0 Å². The largest absolute Gasteiger partial charge is 0.465 e. The van der Waals surface area contributed by atoms with Crippen LogP contribution in [0.2, 0.25) is 5.02 Å². The fraction of sp³-hybridized carbons (Fsp3) is 0.118. The Hall–Kier alpha value is -2.93. The number of carbonyl (C=O) groups is 3. The number of nitrogens with one attached hydrogen (secondary N) is 2. The lowest BCUT2D eigenvalue weighted by Gasteiger charge is -2.09.